The minimum absolute atomic E-state index is 0.152. The van der Waals surface area contributed by atoms with Crippen LogP contribution in [0, 0.1) is 11.8 Å². The zero-order chi connectivity index (χ0) is 17.8. The summed E-state index contributed by atoms with van der Waals surface area (Å²) in [5.41, 5.74) is 1.36. The summed E-state index contributed by atoms with van der Waals surface area (Å²) in [5, 5.41) is 20.5. The Balaban J connectivity index is 2.35. The zero-order valence-corrected chi connectivity index (χ0v) is 15.8. The van der Waals surface area contributed by atoms with Gasteiger partial charge < -0.3 is 10.2 Å². The molecule has 0 aromatic rings. The molecule has 1 rings (SSSR count). The number of hydrogen-bond donors (Lipinski definition) is 2. The number of rotatable bonds is 12. The summed E-state index contributed by atoms with van der Waals surface area (Å²) in [4.78, 5) is 0. The van der Waals surface area contributed by atoms with E-state index < -0.39 is 0 Å². The van der Waals surface area contributed by atoms with Gasteiger partial charge in [-0.3, -0.25) is 0 Å². The minimum atomic E-state index is -0.223. The highest BCUT2D eigenvalue weighted by atomic mass is 16.3. The van der Waals surface area contributed by atoms with Gasteiger partial charge in [0.1, 0.15) is 0 Å². The predicted octanol–water partition coefficient (Wildman–Crippen LogP) is 5.56. The van der Waals surface area contributed by atoms with Crippen molar-refractivity contribution in [2.45, 2.75) is 90.3 Å². The summed E-state index contributed by atoms with van der Waals surface area (Å²) in [7, 11) is 0. The molecule has 0 spiro atoms. The van der Waals surface area contributed by atoms with Crippen molar-refractivity contribution >= 4 is 0 Å². The molecule has 0 aliphatic heterocycles. The van der Waals surface area contributed by atoms with E-state index in [-0.39, 0.29) is 12.2 Å². The third kappa shape index (κ3) is 7.81. The van der Waals surface area contributed by atoms with E-state index in [1.54, 1.807) is 0 Å². The molecule has 0 heterocycles. The Morgan fingerprint density at radius 1 is 1.21 bits per heavy atom. The fourth-order valence-corrected chi connectivity index (χ4v) is 3.82. The average Bonchev–Trinajstić information content (AvgIpc) is 2.93. The molecule has 1 aliphatic carbocycles. The molecule has 1 fully saturated rings. The van der Waals surface area contributed by atoms with Crippen LogP contribution in [0.5, 0.6) is 0 Å². The predicted molar refractivity (Wildman–Crippen MR) is 104 cm³/mol. The molecule has 1 saturated carbocycles. The van der Waals surface area contributed by atoms with Gasteiger partial charge in [0, 0.05) is 0 Å². The number of allylic oxidation sites excluding steroid dienone is 5. The van der Waals surface area contributed by atoms with Gasteiger partial charge in [-0.15, -0.1) is 0 Å². The molecule has 0 radical (unpaired) electrons. The van der Waals surface area contributed by atoms with Crippen LogP contribution in [0.15, 0.2) is 36.5 Å². The van der Waals surface area contributed by atoms with Gasteiger partial charge in [0.2, 0.25) is 0 Å². The van der Waals surface area contributed by atoms with Crippen LogP contribution in [0.1, 0.15) is 78.1 Å². The zero-order valence-electron chi connectivity index (χ0n) is 15.8. The Morgan fingerprint density at radius 2 is 2.00 bits per heavy atom. The van der Waals surface area contributed by atoms with Gasteiger partial charge in [0.05, 0.1) is 12.2 Å². The molecule has 2 heteroatoms. The van der Waals surface area contributed by atoms with E-state index in [2.05, 4.69) is 38.7 Å². The van der Waals surface area contributed by atoms with E-state index in [9.17, 15) is 10.2 Å². The smallest absolute Gasteiger partial charge is 0.0574 e. The van der Waals surface area contributed by atoms with E-state index in [1.165, 1.54) is 12.0 Å². The molecule has 2 N–H and O–H groups in total. The van der Waals surface area contributed by atoms with E-state index >= 15 is 0 Å². The SMILES string of the molecule is C=C/C=C(\CC)CC[C@H](O)CC[C@H]1CC[C@H](O)[C@@H]1C/C=C\CCC. The second-order valence-electron chi connectivity index (χ2n) is 7.25. The second-order valence-corrected chi connectivity index (χ2v) is 7.25. The van der Waals surface area contributed by atoms with Crippen LogP contribution >= 0.6 is 0 Å². The highest BCUT2D eigenvalue weighted by Crippen LogP contribution is 2.38. The summed E-state index contributed by atoms with van der Waals surface area (Å²) < 4.78 is 0. The molecule has 0 aromatic heterocycles. The number of unbranched alkanes of at least 4 members (excludes halogenated alkanes) is 1. The van der Waals surface area contributed by atoms with Crippen LogP contribution < -0.4 is 0 Å². The van der Waals surface area contributed by atoms with Gasteiger partial charge in [-0.1, -0.05) is 56.7 Å². The standard InChI is InChI=1S/C22H38O2/c1-4-7-8-9-11-21-19(14-17-22(21)24)13-16-20(23)15-12-18(6-3)10-5-2/h5,8-10,19-24H,2,4,6-7,11-17H2,1,3H3/b9-8-,18-10+/t19-,20-,21+,22-/m0/s1. The lowest BCUT2D eigenvalue weighted by molar-refractivity contribution is 0.105. The lowest BCUT2D eigenvalue weighted by atomic mass is 9.86. The number of hydrogen-bond acceptors (Lipinski definition) is 2. The van der Waals surface area contributed by atoms with E-state index in [0.717, 1.165) is 57.8 Å². The van der Waals surface area contributed by atoms with Crippen molar-refractivity contribution in [2.75, 3.05) is 0 Å². The third-order valence-corrected chi connectivity index (χ3v) is 5.44. The molecule has 2 nitrogen and oxygen atoms in total. The average molecular weight is 335 g/mol. The first-order valence-corrected chi connectivity index (χ1v) is 9.93. The first-order chi connectivity index (χ1) is 11.6. The van der Waals surface area contributed by atoms with Gasteiger partial charge in [-0.05, 0) is 69.6 Å². The Morgan fingerprint density at radius 3 is 2.67 bits per heavy atom. The van der Waals surface area contributed by atoms with Crippen LogP contribution in [-0.4, -0.2) is 22.4 Å². The Labute approximate surface area is 149 Å². The first kappa shape index (κ1) is 21.2. The molecular weight excluding hydrogens is 296 g/mol. The van der Waals surface area contributed by atoms with Crippen molar-refractivity contribution < 1.29 is 10.2 Å². The molecular formula is C22H38O2. The topological polar surface area (TPSA) is 40.5 Å². The first-order valence-electron chi connectivity index (χ1n) is 9.93. The van der Waals surface area contributed by atoms with Crippen molar-refractivity contribution in [3.8, 4) is 0 Å². The lowest BCUT2D eigenvalue weighted by Gasteiger charge is -2.22. The summed E-state index contributed by atoms with van der Waals surface area (Å²) in [6.07, 6.45) is 18.1. The number of aliphatic hydroxyl groups excluding tert-OH is 2. The highest BCUT2D eigenvalue weighted by molar-refractivity contribution is 5.09. The largest absolute Gasteiger partial charge is 0.393 e. The monoisotopic (exact) mass is 334 g/mol. The molecule has 0 saturated heterocycles. The van der Waals surface area contributed by atoms with Crippen LogP contribution in [0.4, 0.5) is 0 Å². The maximum Gasteiger partial charge on any atom is 0.0574 e. The summed E-state index contributed by atoms with van der Waals surface area (Å²) >= 11 is 0. The minimum Gasteiger partial charge on any atom is -0.393 e. The van der Waals surface area contributed by atoms with E-state index in [4.69, 9.17) is 0 Å². The molecule has 0 bridgehead atoms. The van der Waals surface area contributed by atoms with Crippen LogP contribution in [0.2, 0.25) is 0 Å². The maximum atomic E-state index is 10.3. The fraction of sp³-hybridized carbons (Fsp3) is 0.727. The quantitative estimate of drug-likeness (QED) is 0.362. The molecule has 4 atom stereocenters. The van der Waals surface area contributed by atoms with Gasteiger partial charge in [-0.2, -0.15) is 0 Å². The second kappa shape index (κ2) is 12.5. The number of aliphatic hydroxyl groups is 2. The van der Waals surface area contributed by atoms with E-state index in [0.29, 0.717) is 11.8 Å². The summed E-state index contributed by atoms with van der Waals surface area (Å²) in [6, 6.07) is 0. The third-order valence-electron chi connectivity index (χ3n) is 5.44. The van der Waals surface area contributed by atoms with Crippen molar-refractivity contribution in [3.05, 3.63) is 36.5 Å². The molecule has 0 amide bonds. The molecule has 138 valence electrons. The molecule has 1 aliphatic rings. The lowest BCUT2D eigenvalue weighted by Crippen LogP contribution is -2.20. The van der Waals surface area contributed by atoms with Crippen molar-refractivity contribution in [1.29, 1.82) is 0 Å². The fourth-order valence-electron chi connectivity index (χ4n) is 3.82. The van der Waals surface area contributed by atoms with Crippen LogP contribution in [0.25, 0.3) is 0 Å². The van der Waals surface area contributed by atoms with Gasteiger partial charge >= 0.3 is 0 Å². The molecule has 0 unspecified atom stereocenters. The van der Waals surface area contributed by atoms with Crippen LogP contribution in [-0.2, 0) is 0 Å². The van der Waals surface area contributed by atoms with Crippen molar-refractivity contribution in [3.63, 3.8) is 0 Å². The summed E-state index contributed by atoms with van der Waals surface area (Å²) in [6.45, 7) is 8.09. The Hall–Kier alpha value is -0.860. The van der Waals surface area contributed by atoms with Crippen molar-refractivity contribution in [1.82, 2.24) is 0 Å². The molecule has 24 heavy (non-hydrogen) atoms. The van der Waals surface area contributed by atoms with Gasteiger partial charge in [0.15, 0.2) is 0 Å². The Kier molecular flexibility index (Phi) is 11.0. The molecule has 0 aromatic carbocycles. The maximum absolute atomic E-state index is 10.3. The van der Waals surface area contributed by atoms with E-state index in [1.807, 2.05) is 6.08 Å². The van der Waals surface area contributed by atoms with Crippen molar-refractivity contribution in [2.24, 2.45) is 11.8 Å². The van der Waals surface area contributed by atoms with Crippen LogP contribution in [0.3, 0.4) is 0 Å². The van der Waals surface area contributed by atoms with Gasteiger partial charge in [-0.25, -0.2) is 0 Å². The van der Waals surface area contributed by atoms with Gasteiger partial charge in [0.25, 0.3) is 0 Å². The summed E-state index contributed by atoms with van der Waals surface area (Å²) in [5.74, 6) is 0.951. The highest BCUT2D eigenvalue weighted by Gasteiger charge is 2.33. The normalized spacial score (nSPS) is 26.2. The Bertz CT molecular complexity index is 397.